The molecule has 2 unspecified atom stereocenters. The zero-order valence-corrected chi connectivity index (χ0v) is 13.2. The van der Waals surface area contributed by atoms with Crippen molar-refractivity contribution in [3.63, 3.8) is 0 Å². The van der Waals surface area contributed by atoms with Crippen LogP contribution in [0.5, 0.6) is 0 Å². The lowest BCUT2D eigenvalue weighted by atomic mass is 10.1. The fraction of sp³-hybridized carbons (Fsp3) is 0.533. The van der Waals surface area contributed by atoms with Crippen LogP contribution in [-0.2, 0) is 9.84 Å². The lowest BCUT2D eigenvalue weighted by molar-refractivity contribution is 0.182. The molecule has 0 aliphatic carbocycles. The van der Waals surface area contributed by atoms with E-state index in [0.29, 0.717) is 24.2 Å². The lowest BCUT2D eigenvalue weighted by Gasteiger charge is -2.36. The van der Waals surface area contributed by atoms with Gasteiger partial charge in [0.05, 0.1) is 22.3 Å². The highest BCUT2D eigenvalue weighted by Gasteiger charge is 2.23. The first-order valence-corrected chi connectivity index (χ1v) is 8.77. The van der Waals surface area contributed by atoms with Gasteiger partial charge in [0.15, 0.2) is 9.84 Å². The Morgan fingerprint density at radius 1 is 1.33 bits per heavy atom. The average molecular weight is 307 g/mol. The molecule has 1 aliphatic rings. The highest BCUT2D eigenvalue weighted by Crippen LogP contribution is 2.14. The third-order valence-electron chi connectivity index (χ3n) is 3.63. The molecule has 5 nitrogen and oxygen atoms in total. The molecule has 1 heterocycles. The third-order valence-corrected chi connectivity index (χ3v) is 5.32. The number of rotatable bonds is 4. The second-order valence-corrected chi connectivity index (χ2v) is 7.80. The van der Waals surface area contributed by atoms with Gasteiger partial charge in [0, 0.05) is 31.7 Å². The van der Waals surface area contributed by atoms with E-state index in [9.17, 15) is 8.42 Å². The summed E-state index contributed by atoms with van der Waals surface area (Å²) in [7, 11) is -3.34. The van der Waals surface area contributed by atoms with Crippen LogP contribution in [0.1, 0.15) is 19.4 Å². The molecule has 1 aliphatic heterocycles. The van der Waals surface area contributed by atoms with Gasteiger partial charge in [-0.1, -0.05) is 6.07 Å². The van der Waals surface area contributed by atoms with E-state index in [1.807, 2.05) is 6.07 Å². The molecular weight excluding hydrogens is 286 g/mol. The first-order chi connectivity index (χ1) is 9.90. The van der Waals surface area contributed by atoms with Gasteiger partial charge in [-0.25, -0.2) is 8.42 Å². The minimum Gasteiger partial charge on any atom is -0.309 e. The van der Waals surface area contributed by atoms with E-state index in [1.165, 1.54) is 6.07 Å². The van der Waals surface area contributed by atoms with Crippen LogP contribution >= 0.6 is 0 Å². The summed E-state index contributed by atoms with van der Waals surface area (Å²) in [4.78, 5) is 2.41. The van der Waals surface area contributed by atoms with E-state index in [1.54, 1.807) is 18.2 Å². The minimum absolute atomic E-state index is 0.0846. The van der Waals surface area contributed by atoms with E-state index in [-0.39, 0.29) is 10.6 Å². The Hall–Kier alpha value is -1.42. The number of sulfone groups is 1. The zero-order valence-electron chi connectivity index (χ0n) is 12.4. The number of nitrogens with zero attached hydrogens (tertiary/aromatic N) is 2. The molecule has 114 valence electrons. The smallest absolute Gasteiger partial charge is 0.179 e. The Bertz CT molecular complexity index is 627. The van der Waals surface area contributed by atoms with Gasteiger partial charge in [-0.2, -0.15) is 5.26 Å². The standard InChI is InChI=1S/C15H21N3O2S/c1-12-10-18(11-13(2)17-12)6-7-21(19,20)15-5-3-4-14(8-15)9-16/h3-5,8,12-13,17H,6-7,10-11H2,1-2H3. The van der Waals surface area contributed by atoms with E-state index in [2.05, 4.69) is 24.1 Å². The number of nitrogens with one attached hydrogen (secondary N) is 1. The SMILES string of the molecule is CC1CN(CCS(=O)(=O)c2cccc(C#N)c2)CC(C)N1. The quantitative estimate of drug-likeness (QED) is 0.899. The van der Waals surface area contributed by atoms with Crippen molar-refractivity contribution in [1.29, 1.82) is 5.26 Å². The van der Waals surface area contributed by atoms with Crippen LogP contribution in [0, 0.1) is 11.3 Å². The van der Waals surface area contributed by atoms with Gasteiger partial charge < -0.3 is 5.32 Å². The molecule has 0 radical (unpaired) electrons. The number of piperazine rings is 1. The second-order valence-electron chi connectivity index (χ2n) is 5.69. The number of hydrogen-bond donors (Lipinski definition) is 1. The molecule has 1 aromatic rings. The predicted octanol–water partition coefficient (Wildman–Crippen LogP) is 1.01. The average Bonchev–Trinajstić information content (AvgIpc) is 2.44. The summed E-state index contributed by atoms with van der Waals surface area (Å²) in [6.45, 7) is 6.45. The maximum absolute atomic E-state index is 12.4. The van der Waals surface area contributed by atoms with E-state index >= 15 is 0 Å². The fourth-order valence-electron chi connectivity index (χ4n) is 2.75. The normalized spacial score (nSPS) is 23.7. The van der Waals surface area contributed by atoms with Crippen molar-refractivity contribution < 1.29 is 8.42 Å². The van der Waals surface area contributed by atoms with Crippen LogP contribution in [0.3, 0.4) is 0 Å². The van der Waals surface area contributed by atoms with Crippen LogP contribution in [0.2, 0.25) is 0 Å². The first-order valence-electron chi connectivity index (χ1n) is 7.12. The molecule has 2 rings (SSSR count). The lowest BCUT2D eigenvalue weighted by Crippen LogP contribution is -2.54. The summed E-state index contributed by atoms with van der Waals surface area (Å²) in [6.07, 6.45) is 0. The molecule has 0 aromatic heterocycles. The highest BCUT2D eigenvalue weighted by atomic mass is 32.2. The molecular formula is C15H21N3O2S. The minimum atomic E-state index is -3.34. The first kappa shape index (κ1) is 16.0. The Balaban J connectivity index is 2.03. The topological polar surface area (TPSA) is 73.2 Å². The molecule has 0 bridgehead atoms. The fourth-order valence-corrected chi connectivity index (χ4v) is 4.08. The second kappa shape index (κ2) is 6.56. The Kier molecular flexibility index (Phi) is 4.99. The van der Waals surface area contributed by atoms with Crippen LogP contribution in [-0.4, -0.2) is 50.8 Å². The Labute approximate surface area is 126 Å². The van der Waals surface area contributed by atoms with Gasteiger partial charge in [0.1, 0.15) is 0 Å². The summed E-state index contributed by atoms with van der Waals surface area (Å²) in [5.74, 6) is 0.0846. The Morgan fingerprint density at radius 3 is 2.62 bits per heavy atom. The summed E-state index contributed by atoms with van der Waals surface area (Å²) < 4.78 is 24.7. The monoisotopic (exact) mass is 307 g/mol. The van der Waals surface area contributed by atoms with Gasteiger partial charge in [-0.3, -0.25) is 4.90 Å². The maximum Gasteiger partial charge on any atom is 0.179 e. The number of hydrogen-bond acceptors (Lipinski definition) is 5. The largest absolute Gasteiger partial charge is 0.309 e. The molecule has 21 heavy (non-hydrogen) atoms. The van der Waals surface area contributed by atoms with E-state index in [4.69, 9.17) is 5.26 Å². The van der Waals surface area contributed by atoms with Crippen LogP contribution in [0.15, 0.2) is 29.2 Å². The van der Waals surface area contributed by atoms with Gasteiger partial charge in [-0.15, -0.1) is 0 Å². The molecule has 6 heteroatoms. The molecule has 1 saturated heterocycles. The summed E-state index contributed by atoms with van der Waals surface area (Å²) in [5, 5.41) is 12.3. The number of nitriles is 1. The van der Waals surface area contributed by atoms with E-state index < -0.39 is 9.84 Å². The van der Waals surface area contributed by atoms with E-state index in [0.717, 1.165) is 13.1 Å². The van der Waals surface area contributed by atoms with Crippen molar-refractivity contribution in [2.24, 2.45) is 0 Å². The highest BCUT2D eigenvalue weighted by molar-refractivity contribution is 7.91. The van der Waals surface area contributed by atoms with Crippen molar-refractivity contribution in [3.8, 4) is 6.07 Å². The van der Waals surface area contributed by atoms with Gasteiger partial charge >= 0.3 is 0 Å². The van der Waals surface area contributed by atoms with Gasteiger partial charge in [-0.05, 0) is 32.0 Å². The zero-order chi connectivity index (χ0) is 15.5. The van der Waals surface area contributed by atoms with Crippen molar-refractivity contribution in [2.45, 2.75) is 30.8 Å². The summed E-state index contributed by atoms with van der Waals surface area (Å²) in [5.41, 5.74) is 0.375. The predicted molar refractivity (Wildman–Crippen MR) is 81.7 cm³/mol. The molecule has 0 saturated carbocycles. The van der Waals surface area contributed by atoms with Crippen molar-refractivity contribution >= 4 is 9.84 Å². The molecule has 1 N–H and O–H groups in total. The molecule has 0 spiro atoms. The molecule has 1 fully saturated rings. The summed E-state index contributed by atoms with van der Waals surface area (Å²) >= 11 is 0. The Morgan fingerprint density at radius 2 is 2.00 bits per heavy atom. The van der Waals surface area contributed by atoms with Crippen LogP contribution < -0.4 is 5.32 Å². The molecule has 0 amide bonds. The van der Waals surface area contributed by atoms with Crippen molar-refractivity contribution in [3.05, 3.63) is 29.8 Å². The molecule has 1 aromatic carbocycles. The van der Waals surface area contributed by atoms with Gasteiger partial charge in [0.25, 0.3) is 0 Å². The van der Waals surface area contributed by atoms with Gasteiger partial charge in [0.2, 0.25) is 0 Å². The van der Waals surface area contributed by atoms with Crippen LogP contribution in [0.25, 0.3) is 0 Å². The van der Waals surface area contributed by atoms with Crippen molar-refractivity contribution in [2.75, 3.05) is 25.4 Å². The molecule has 2 atom stereocenters. The summed E-state index contributed by atoms with van der Waals surface area (Å²) in [6, 6.07) is 8.94. The maximum atomic E-state index is 12.4. The number of benzene rings is 1. The third kappa shape index (κ3) is 4.27. The van der Waals surface area contributed by atoms with Crippen LogP contribution in [0.4, 0.5) is 0 Å². The van der Waals surface area contributed by atoms with Crippen molar-refractivity contribution in [1.82, 2.24) is 10.2 Å².